The molecule has 0 spiro atoms. The minimum Gasteiger partial charge on any atom is -0.481 e. The predicted octanol–water partition coefficient (Wildman–Crippen LogP) is 2.07. The fourth-order valence-corrected chi connectivity index (χ4v) is 2.06. The number of hydrogen-bond donors (Lipinski definition) is 3. The lowest BCUT2D eigenvalue weighted by Gasteiger charge is -2.26. The summed E-state index contributed by atoms with van der Waals surface area (Å²) in [5.41, 5.74) is -0.514. The van der Waals surface area contributed by atoms with Gasteiger partial charge in [0, 0.05) is 23.8 Å². The Bertz CT molecular complexity index is 282. The van der Waals surface area contributed by atoms with E-state index >= 15 is 0 Å². The van der Waals surface area contributed by atoms with Crippen molar-refractivity contribution >= 4 is 23.8 Å². The third kappa shape index (κ3) is 9.15. The fourth-order valence-electron chi connectivity index (χ4n) is 1.39. The van der Waals surface area contributed by atoms with E-state index in [2.05, 4.69) is 17.6 Å². The summed E-state index contributed by atoms with van der Waals surface area (Å²) in [6.07, 6.45) is 0.461. The quantitative estimate of drug-likeness (QED) is 0.634. The van der Waals surface area contributed by atoms with Crippen molar-refractivity contribution in [3.63, 3.8) is 0 Å². The number of aliphatic carboxylic acids is 1. The molecule has 0 aliphatic carbocycles. The lowest BCUT2D eigenvalue weighted by atomic mass is 9.99. The Hall–Kier alpha value is -0.910. The van der Waals surface area contributed by atoms with Gasteiger partial charge in [-0.3, -0.25) is 4.79 Å². The number of urea groups is 1. The second-order valence-electron chi connectivity index (χ2n) is 4.94. The average Bonchev–Trinajstić information content (AvgIpc) is 2.22. The lowest BCUT2D eigenvalue weighted by molar-refractivity contribution is -0.137. The molecule has 0 radical (unpaired) electrons. The van der Waals surface area contributed by atoms with Crippen LogP contribution in [0.2, 0.25) is 0 Å². The van der Waals surface area contributed by atoms with Crippen LogP contribution in [0.25, 0.3) is 0 Å². The first-order valence-corrected chi connectivity index (χ1v) is 7.30. The molecule has 0 rings (SSSR count). The van der Waals surface area contributed by atoms with E-state index in [-0.39, 0.29) is 18.5 Å². The number of nitrogens with one attached hydrogen (secondary N) is 2. The number of thioether (sulfide) groups is 1. The molecule has 0 aliphatic heterocycles. The van der Waals surface area contributed by atoms with Crippen LogP contribution >= 0.6 is 11.8 Å². The molecule has 5 nitrogen and oxygen atoms in total. The van der Waals surface area contributed by atoms with E-state index in [4.69, 9.17) is 5.11 Å². The van der Waals surface area contributed by atoms with Crippen molar-refractivity contribution in [3.05, 3.63) is 0 Å². The number of hydrogen-bond acceptors (Lipinski definition) is 3. The largest absolute Gasteiger partial charge is 0.481 e. The maximum absolute atomic E-state index is 11.7. The lowest BCUT2D eigenvalue weighted by Crippen LogP contribution is -2.51. The van der Waals surface area contributed by atoms with Gasteiger partial charge in [0.1, 0.15) is 0 Å². The van der Waals surface area contributed by atoms with E-state index in [0.29, 0.717) is 6.42 Å². The molecule has 0 saturated carbocycles. The molecule has 0 aliphatic rings. The highest BCUT2D eigenvalue weighted by molar-refractivity contribution is 7.99. The molecule has 0 bridgehead atoms. The fraction of sp³-hybridized carbons (Fsp3) is 0.833. The summed E-state index contributed by atoms with van der Waals surface area (Å²) in [5, 5.41) is 14.3. The van der Waals surface area contributed by atoms with Crippen molar-refractivity contribution in [1.29, 1.82) is 0 Å². The first-order valence-electron chi connectivity index (χ1n) is 6.15. The first kappa shape index (κ1) is 17.1. The van der Waals surface area contributed by atoms with Gasteiger partial charge in [-0.15, -0.1) is 0 Å². The minimum atomic E-state index is -0.849. The summed E-state index contributed by atoms with van der Waals surface area (Å²) < 4.78 is 0. The van der Waals surface area contributed by atoms with Gasteiger partial charge in [-0.2, -0.15) is 11.8 Å². The van der Waals surface area contributed by atoms with Crippen LogP contribution in [-0.4, -0.2) is 40.2 Å². The summed E-state index contributed by atoms with van der Waals surface area (Å²) in [5.74, 6) is 1.05. The smallest absolute Gasteiger partial charge is 0.315 e. The predicted molar refractivity (Wildman–Crippen MR) is 75.1 cm³/mol. The molecular weight excluding hydrogens is 252 g/mol. The minimum absolute atomic E-state index is 0.0501. The molecular formula is C12H24N2O3S. The monoisotopic (exact) mass is 276 g/mol. The van der Waals surface area contributed by atoms with Gasteiger partial charge in [-0.1, -0.05) is 6.92 Å². The number of carboxylic acid groups (broad SMARTS) is 1. The van der Waals surface area contributed by atoms with Gasteiger partial charge in [0.05, 0.1) is 0 Å². The summed E-state index contributed by atoms with van der Waals surface area (Å²) in [6.45, 7) is 7.67. The highest BCUT2D eigenvalue weighted by Crippen LogP contribution is 2.11. The Labute approximate surface area is 113 Å². The Morgan fingerprint density at radius 2 is 2.00 bits per heavy atom. The number of carbonyl (C=O) groups excluding carboxylic acids is 1. The van der Waals surface area contributed by atoms with E-state index in [1.807, 2.05) is 20.8 Å². The van der Waals surface area contributed by atoms with E-state index < -0.39 is 11.5 Å². The van der Waals surface area contributed by atoms with Gasteiger partial charge < -0.3 is 15.7 Å². The first-order chi connectivity index (χ1) is 8.26. The standard InChI is InChI=1S/C12H24N2O3S/c1-5-18-8-9(2)13-11(17)14-12(3,4)7-6-10(15)16/h9H,5-8H2,1-4H3,(H,15,16)(H2,13,14,17). The Morgan fingerprint density at radius 1 is 1.39 bits per heavy atom. The van der Waals surface area contributed by atoms with Gasteiger partial charge in [-0.05, 0) is 32.9 Å². The molecule has 0 aromatic rings. The normalized spacial score (nSPS) is 12.9. The van der Waals surface area contributed by atoms with Gasteiger partial charge in [-0.25, -0.2) is 4.79 Å². The Balaban J connectivity index is 4.01. The molecule has 6 heteroatoms. The second kappa shape index (κ2) is 8.24. The van der Waals surface area contributed by atoms with E-state index in [9.17, 15) is 9.59 Å². The van der Waals surface area contributed by atoms with E-state index in [1.54, 1.807) is 11.8 Å². The topological polar surface area (TPSA) is 78.4 Å². The zero-order valence-electron chi connectivity index (χ0n) is 11.6. The molecule has 0 fully saturated rings. The van der Waals surface area contributed by atoms with Crippen LogP contribution in [0.15, 0.2) is 0 Å². The van der Waals surface area contributed by atoms with Crippen LogP contribution in [0.5, 0.6) is 0 Å². The number of carboxylic acids is 1. The number of carbonyl (C=O) groups is 2. The van der Waals surface area contributed by atoms with Crippen LogP contribution in [0.1, 0.15) is 40.5 Å². The van der Waals surface area contributed by atoms with E-state index in [0.717, 1.165) is 11.5 Å². The Kier molecular flexibility index (Phi) is 7.82. The van der Waals surface area contributed by atoms with Gasteiger partial charge >= 0.3 is 12.0 Å². The van der Waals surface area contributed by atoms with Crippen LogP contribution in [0, 0.1) is 0 Å². The molecule has 3 N–H and O–H groups in total. The summed E-state index contributed by atoms with van der Waals surface area (Å²) in [6, 6.07) is -0.139. The van der Waals surface area contributed by atoms with Crippen molar-refractivity contribution in [1.82, 2.24) is 10.6 Å². The van der Waals surface area contributed by atoms with Crippen LogP contribution in [-0.2, 0) is 4.79 Å². The number of amides is 2. The third-order valence-electron chi connectivity index (χ3n) is 2.37. The SMILES string of the molecule is CCSCC(C)NC(=O)NC(C)(C)CCC(=O)O. The molecule has 0 heterocycles. The molecule has 2 amide bonds. The van der Waals surface area contributed by atoms with Crippen molar-refractivity contribution in [2.75, 3.05) is 11.5 Å². The van der Waals surface area contributed by atoms with Crippen LogP contribution in [0.3, 0.4) is 0 Å². The van der Waals surface area contributed by atoms with Gasteiger partial charge in [0.15, 0.2) is 0 Å². The molecule has 106 valence electrons. The van der Waals surface area contributed by atoms with E-state index in [1.165, 1.54) is 0 Å². The molecule has 0 aromatic carbocycles. The molecule has 1 unspecified atom stereocenters. The van der Waals surface area contributed by atoms with Crippen molar-refractivity contribution in [3.8, 4) is 0 Å². The second-order valence-corrected chi connectivity index (χ2v) is 6.26. The van der Waals surface area contributed by atoms with Crippen molar-refractivity contribution in [2.45, 2.75) is 52.1 Å². The van der Waals surface area contributed by atoms with Crippen LogP contribution in [0.4, 0.5) is 4.79 Å². The van der Waals surface area contributed by atoms with Gasteiger partial charge in [0.2, 0.25) is 0 Å². The summed E-state index contributed by atoms with van der Waals surface area (Å²) in [7, 11) is 0. The maximum atomic E-state index is 11.7. The summed E-state index contributed by atoms with van der Waals surface area (Å²) >= 11 is 1.77. The highest BCUT2D eigenvalue weighted by atomic mass is 32.2. The summed E-state index contributed by atoms with van der Waals surface area (Å²) in [4.78, 5) is 22.2. The van der Waals surface area contributed by atoms with Crippen molar-refractivity contribution < 1.29 is 14.7 Å². The van der Waals surface area contributed by atoms with Crippen LogP contribution < -0.4 is 10.6 Å². The Morgan fingerprint density at radius 3 is 2.50 bits per heavy atom. The molecule has 0 saturated heterocycles. The zero-order chi connectivity index (χ0) is 14.2. The number of rotatable bonds is 8. The van der Waals surface area contributed by atoms with Crippen molar-refractivity contribution in [2.24, 2.45) is 0 Å². The molecule has 1 atom stereocenters. The maximum Gasteiger partial charge on any atom is 0.315 e. The zero-order valence-corrected chi connectivity index (χ0v) is 12.4. The van der Waals surface area contributed by atoms with Gasteiger partial charge in [0.25, 0.3) is 0 Å². The highest BCUT2D eigenvalue weighted by Gasteiger charge is 2.21. The third-order valence-corrected chi connectivity index (χ3v) is 3.51. The molecule has 0 aromatic heterocycles. The average molecular weight is 276 g/mol. The molecule has 18 heavy (non-hydrogen) atoms.